The Bertz CT molecular complexity index is 776. The van der Waals surface area contributed by atoms with Crippen LogP contribution in [0.1, 0.15) is 23.6 Å². The molecular weight excluding hydrogens is 427 g/mol. The Morgan fingerprint density at radius 2 is 1.84 bits per heavy atom. The normalized spacial score (nSPS) is 11.6. The van der Waals surface area contributed by atoms with Crippen molar-refractivity contribution in [1.29, 1.82) is 0 Å². The molecule has 0 saturated heterocycles. The summed E-state index contributed by atoms with van der Waals surface area (Å²) in [7, 11) is 0. The van der Waals surface area contributed by atoms with Crippen molar-refractivity contribution in [2.45, 2.75) is 20.8 Å². The molecule has 0 atom stereocenters. The van der Waals surface area contributed by atoms with E-state index in [1.54, 1.807) is 0 Å². The lowest BCUT2D eigenvalue weighted by Gasteiger charge is -2.12. The van der Waals surface area contributed by atoms with Crippen molar-refractivity contribution in [3.05, 3.63) is 68.8 Å². The van der Waals surface area contributed by atoms with Crippen LogP contribution in [0.2, 0.25) is 0 Å². The van der Waals surface area contributed by atoms with Crippen LogP contribution >= 0.6 is 22.6 Å². The molecule has 0 aliphatic carbocycles. The van der Waals surface area contributed by atoms with Crippen molar-refractivity contribution in [3.63, 3.8) is 0 Å². The fourth-order valence-corrected chi connectivity index (χ4v) is 3.20. The number of benzene rings is 2. The highest BCUT2D eigenvalue weighted by molar-refractivity contribution is 14.1. The third-order valence-corrected chi connectivity index (χ3v) is 4.07. The summed E-state index contributed by atoms with van der Waals surface area (Å²) in [6.45, 7) is 5.70. The molecule has 2 aromatic rings. The summed E-state index contributed by atoms with van der Waals surface area (Å²) in [6, 6.07) is 14.0. The molecule has 25 heavy (non-hydrogen) atoms. The second-order valence-corrected chi connectivity index (χ2v) is 6.94. The van der Waals surface area contributed by atoms with Crippen LogP contribution in [0.4, 0.5) is 0 Å². The minimum Gasteiger partial charge on any atom is -0.483 e. The molecule has 0 aliphatic rings. The summed E-state index contributed by atoms with van der Waals surface area (Å²) in [4.78, 5) is 11.9. The molecule has 0 heterocycles. The molecule has 130 valence electrons. The van der Waals surface area contributed by atoms with Crippen LogP contribution in [0.5, 0.6) is 5.75 Å². The number of allylic oxidation sites excluding steroid dienone is 1. The van der Waals surface area contributed by atoms with E-state index >= 15 is 0 Å². The highest BCUT2D eigenvalue weighted by Crippen LogP contribution is 2.25. The maximum absolute atomic E-state index is 11.9. The van der Waals surface area contributed by atoms with Gasteiger partial charge in [0.2, 0.25) is 0 Å². The number of ether oxygens (including phenoxy) is 1. The summed E-state index contributed by atoms with van der Waals surface area (Å²) in [5.41, 5.74) is 6.33. The van der Waals surface area contributed by atoms with Gasteiger partial charge in [-0.1, -0.05) is 36.4 Å². The molecule has 0 unspecified atom stereocenters. The van der Waals surface area contributed by atoms with Gasteiger partial charge in [-0.15, -0.1) is 0 Å². The number of hydrazone groups is 1. The van der Waals surface area contributed by atoms with Crippen LogP contribution in [0.15, 0.2) is 53.6 Å². The monoisotopic (exact) mass is 448 g/mol. The van der Waals surface area contributed by atoms with Crippen molar-refractivity contribution in [1.82, 2.24) is 5.43 Å². The van der Waals surface area contributed by atoms with Gasteiger partial charge >= 0.3 is 0 Å². The Morgan fingerprint density at radius 1 is 1.20 bits per heavy atom. The highest BCUT2D eigenvalue weighted by atomic mass is 127. The lowest BCUT2D eigenvalue weighted by atomic mass is 10.1. The molecule has 0 saturated carbocycles. The van der Waals surface area contributed by atoms with Gasteiger partial charge in [0.15, 0.2) is 6.61 Å². The summed E-state index contributed by atoms with van der Waals surface area (Å²) in [5.74, 6) is 0.463. The average Bonchev–Trinajstić information content (AvgIpc) is 2.58. The predicted molar refractivity (Wildman–Crippen MR) is 111 cm³/mol. The maximum atomic E-state index is 11.9. The van der Waals surface area contributed by atoms with E-state index in [0.717, 1.165) is 26.0 Å². The first-order valence-electron chi connectivity index (χ1n) is 7.91. The Balaban J connectivity index is 1.87. The van der Waals surface area contributed by atoms with Gasteiger partial charge in [-0.2, -0.15) is 5.10 Å². The molecule has 0 fully saturated rings. The van der Waals surface area contributed by atoms with Crippen molar-refractivity contribution < 1.29 is 9.53 Å². The highest BCUT2D eigenvalue weighted by Gasteiger charge is 2.08. The molecule has 0 radical (unpaired) electrons. The third-order valence-electron chi connectivity index (χ3n) is 3.45. The summed E-state index contributed by atoms with van der Waals surface area (Å²) >= 11 is 2.26. The molecule has 0 aliphatic heterocycles. The van der Waals surface area contributed by atoms with Crippen molar-refractivity contribution in [2.75, 3.05) is 6.61 Å². The Kier molecular flexibility index (Phi) is 7.18. The van der Waals surface area contributed by atoms with E-state index in [1.807, 2.05) is 75.4 Å². The fourth-order valence-electron chi connectivity index (χ4n) is 2.26. The number of carbonyl (C=O) groups is 1. The van der Waals surface area contributed by atoms with E-state index in [1.165, 1.54) is 0 Å². The van der Waals surface area contributed by atoms with Gasteiger partial charge in [0, 0.05) is 3.57 Å². The molecule has 0 bridgehead atoms. The SMILES string of the molecule is CC(C=Cc1ccccc1)=NNC(=O)COc1c(C)cc(I)cc1C. The number of aryl methyl sites for hydroxylation is 2. The molecule has 4 nitrogen and oxygen atoms in total. The Morgan fingerprint density at radius 3 is 2.48 bits per heavy atom. The van der Waals surface area contributed by atoms with Gasteiger partial charge in [-0.25, -0.2) is 5.43 Å². The minimum atomic E-state index is -0.287. The zero-order valence-electron chi connectivity index (χ0n) is 14.5. The number of rotatable bonds is 6. The van der Waals surface area contributed by atoms with Crippen LogP contribution in [0.3, 0.4) is 0 Å². The molecule has 0 spiro atoms. The Hall–Kier alpha value is -2.15. The molecule has 2 rings (SSSR count). The number of hydrogen-bond acceptors (Lipinski definition) is 3. The first-order chi connectivity index (χ1) is 12.0. The maximum Gasteiger partial charge on any atom is 0.277 e. The van der Waals surface area contributed by atoms with Crippen LogP contribution < -0.4 is 10.2 Å². The average molecular weight is 448 g/mol. The summed E-state index contributed by atoms with van der Waals surface area (Å²) < 4.78 is 6.79. The fraction of sp³-hybridized carbons (Fsp3) is 0.200. The van der Waals surface area contributed by atoms with Crippen LogP contribution in [0.25, 0.3) is 6.08 Å². The van der Waals surface area contributed by atoms with Crippen LogP contribution in [-0.4, -0.2) is 18.2 Å². The Labute approximate surface area is 162 Å². The standard InChI is InChI=1S/C20H21IN2O2/c1-14-11-18(21)12-15(2)20(14)25-13-19(24)23-22-16(3)9-10-17-7-5-4-6-8-17/h4-12H,13H2,1-3H3,(H,23,24). The van der Waals surface area contributed by atoms with Gasteiger partial charge in [-0.05, 0) is 78.3 Å². The smallest absolute Gasteiger partial charge is 0.277 e. The van der Waals surface area contributed by atoms with E-state index in [9.17, 15) is 4.79 Å². The van der Waals surface area contributed by atoms with E-state index < -0.39 is 0 Å². The largest absolute Gasteiger partial charge is 0.483 e. The van der Waals surface area contributed by atoms with E-state index in [0.29, 0.717) is 5.71 Å². The quantitative estimate of drug-likeness (QED) is 0.402. The number of nitrogens with one attached hydrogen (secondary N) is 1. The molecule has 0 aromatic heterocycles. The molecular formula is C20H21IN2O2. The number of carbonyl (C=O) groups excluding carboxylic acids is 1. The van der Waals surface area contributed by atoms with Crippen molar-refractivity contribution in [2.24, 2.45) is 5.10 Å². The molecule has 2 aromatic carbocycles. The number of hydrogen-bond donors (Lipinski definition) is 1. The van der Waals surface area contributed by atoms with E-state index in [4.69, 9.17) is 4.74 Å². The summed E-state index contributed by atoms with van der Waals surface area (Å²) in [5, 5.41) is 4.06. The first kappa shape index (κ1) is 19.2. The zero-order chi connectivity index (χ0) is 18.2. The van der Waals surface area contributed by atoms with Gasteiger partial charge in [0.1, 0.15) is 5.75 Å². The minimum absolute atomic E-state index is 0.0680. The van der Waals surface area contributed by atoms with E-state index in [2.05, 4.69) is 33.1 Å². The molecule has 5 heteroatoms. The zero-order valence-corrected chi connectivity index (χ0v) is 16.7. The second kappa shape index (κ2) is 9.36. The van der Waals surface area contributed by atoms with Crippen LogP contribution in [0, 0.1) is 17.4 Å². The number of amides is 1. The third kappa shape index (κ3) is 6.34. The van der Waals surface area contributed by atoms with Gasteiger partial charge in [0.25, 0.3) is 5.91 Å². The number of halogens is 1. The van der Waals surface area contributed by atoms with E-state index in [-0.39, 0.29) is 12.5 Å². The number of nitrogens with zero attached hydrogens (tertiary/aromatic N) is 1. The predicted octanol–water partition coefficient (Wildman–Crippen LogP) is 4.49. The second-order valence-electron chi connectivity index (χ2n) is 5.69. The van der Waals surface area contributed by atoms with Gasteiger partial charge < -0.3 is 4.74 Å². The van der Waals surface area contributed by atoms with Crippen molar-refractivity contribution >= 4 is 40.3 Å². The first-order valence-corrected chi connectivity index (χ1v) is 8.99. The summed E-state index contributed by atoms with van der Waals surface area (Å²) in [6.07, 6.45) is 3.80. The van der Waals surface area contributed by atoms with Gasteiger partial charge in [-0.3, -0.25) is 4.79 Å². The topological polar surface area (TPSA) is 50.7 Å². The lowest BCUT2D eigenvalue weighted by molar-refractivity contribution is -0.123. The molecule has 1 N–H and O–H groups in total. The van der Waals surface area contributed by atoms with Crippen LogP contribution in [-0.2, 0) is 4.79 Å². The van der Waals surface area contributed by atoms with Crippen molar-refractivity contribution in [3.8, 4) is 5.75 Å². The lowest BCUT2D eigenvalue weighted by Crippen LogP contribution is -2.25. The molecule has 1 amide bonds. The van der Waals surface area contributed by atoms with Gasteiger partial charge in [0.05, 0.1) is 5.71 Å².